The molecule has 2 aliphatic heterocycles. The van der Waals surface area contributed by atoms with Crippen LogP contribution in [0.2, 0.25) is 0 Å². The Morgan fingerprint density at radius 1 is 1.19 bits per heavy atom. The van der Waals surface area contributed by atoms with Crippen molar-refractivity contribution in [3.63, 3.8) is 0 Å². The summed E-state index contributed by atoms with van der Waals surface area (Å²) in [6, 6.07) is 7.99. The Labute approximate surface area is 135 Å². The fourth-order valence-electron chi connectivity index (χ4n) is 2.88. The minimum Gasteiger partial charge on any atom is -0.302 e. The van der Waals surface area contributed by atoms with Crippen molar-refractivity contribution in [3.8, 4) is 0 Å². The van der Waals surface area contributed by atoms with Crippen LogP contribution >= 0.6 is 24.0 Å². The number of piperidine rings is 1. The fraction of sp³-hybridized carbons (Fsp3) is 0.500. The molecule has 2 saturated heterocycles. The molecular weight excluding hydrogens is 300 g/mol. The number of rotatable bonds is 3. The predicted octanol–water partition coefficient (Wildman–Crippen LogP) is 3.21. The Morgan fingerprint density at radius 2 is 1.86 bits per heavy atom. The molecule has 1 unspecified atom stereocenters. The number of thiocarbonyl (C=S) groups is 1. The van der Waals surface area contributed by atoms with Crippen LogP contribution in [0.1, 0.15) is 24.8 Å². The minimum absolute atomic E-state index is 0.0445. The molecule has 0 radical (unpaired) electrons. The zero-order chi connectivity index (χ0) is 14.8. The predicted molar refractivity (Wildman–Crippen MR) is 92.9 cm³/mol. The average molecular weight is 320 g/mol. The van der Waals surface area contributed by atoms with Crippen LogP contribution in [-0.4, -0.2) is 40.0 Å². The SMILES string of the molecule is Cc1ccc(N2C(=O)C(CN3CCCCC3)SC2=S)cc1. The molecule has 1 aromatic carbocycles. The van der Waals surface area contributed by atoms with Crippen LogP contribution < -0.4 is 4.90 Å². The van der Waals surface area contributed by atoms with E-state index in [4.69, 9.17) is 12.2 Å². The largest absolute Gasteiger partial charge is 0.302 e. The first kappa shape index (κ1) is 15.0. The third-order valence-electron chi connectivity index (χ3n) is 4.09. The Morgan fingerprint density at radius 3 is 2.52 bits per heavy atom. The molecule has 5 heteroatoms. The molecule has 21 heavy (non-hydrogen) atoms. The lowest BCUT2D eigenvalue weighted by molar-refractivity contribution is -0.117. The second-order valence-electron chi connectivity index (χ2n) is 5.74. The van der Waals surface area contributed by atoms with Gasteiger partial charge in [0.15, 0.2) is 0 Å². The Bertz CT molecular complexity index is 538. The zero-order valence-corrected chi connectivity index (χ0v) is 13.9. The second kappa shape index (κ2) is 6.46. The molecule has 1 aromatic rings. The summed E-state index contributed by atoms with van der Waals surface area (Å²) >= 11 is 6.97. The molecule has 2 heterocycles. The summed E-state index contributed by atoms with van der Waals surface area (Å²) in [7, 11) is 0. The van der Waals surface area contributed by atoms with Crippen molar-refractivity contribution in [2.45, 2.75) is 31.4 Å². The molecular formula is C16H20N2OS2. The average Bonchev–Trinajstić information content (AvgIpc) is 2.76. The lowest BCUT2D eigenvalue weighted by Gasteiger charge is -2.27. The van der Waals surface area contributed by atoms with Crippen LogP contribution in [0, 0.1) is 6.92 Å². The number of amides is 1. The molecule has 2 aliphatic rings. The van der Waals surface area contributed by atoms with Gasteiger partial charge in [0.2, 0.25) is 5.91 Å². The van der Waals surface area contributed by atoms with Crippen molar-refractivity contribution < 1.29 is 4.79 Å². The number of hydrogen-bond acceptors (Lipinski definition) is 4. The van der Waals surface area contributed by atoms with Gasteiger partial charge in [-0.1, -0.05) is 48.1 Å². The molecule has 1 atom stereocenters. The van der Waals surface area contributed by atoms with E-state index >= 15 is 0 Å². The highest BCUT2D eigenvalue weighted by atomic mass is 32.2. The molecule has 2 fully saturated rings. The van der Waals surface area contributed by atoms with Gasteiger partial charge in [-0.05, 0) is 45.0 Å². The molecule has 0 saturated carbocycles. The van der Waals surface area contributed by atoms with Crippen LogP contribution in [0.25, 0.3) is 0 Å². The first-order chi connectivity index (χ1) is 10.1. The summed E-state index contributed by atoms with van der Waals surface area (Å²) < 4.78 is 0.686. The first-order valence-electron chi connectivity index (χ1n) is 7.49. The van der Waals surface area contributed by atoms with Crippen molar-refractivity contribution >= 4 is 39.9 Å². The summed E-state index contributed by atoms with van der Waals surface area (Å²) in [5.41, 5.74) is 2.08. The molecule has 0 bridgehead atoms. The summed E-state index contributed by atoms with van der Waals surface area (Å²) in [5, 5.41) is -0.0445. The van der Waals surface area contributed by atoms with Gasteiger partial charge in [0.05, 0.1) is 5.69 Å². The number of benzene rings is 1. The molecule has 0 spiro atoms. The number of aryl methyl sites for hydroxylation is 1. The van der Waals surface area contributed by atoms with Crippen LogP contribution in [0.5, 0.6) is 0 Å². The zero-order valence-electron chi connectivity index (χ0n) is 12.2. The highest BCUT2D eigenvalue weighted by molar-refractivity contribution is 8.25. The van der Waals surface area contributed by atoms with Crippen LogP contribution in [0.15, 0.2) is 24.3 Å². The van der Waals surface area contributed by atoms with E-state index in [-0.39, 0.29) is 11.2 Å². The normalized spacial score (nSPS) is 23.9. The van der Waals surface area contributed by atoms with Gasteiger partial charge in [0.25, 0.3) is 0 Å². The maximum Gasteiger partial charge on any atom is 0.247 e. The second-order valence-corrected chi connectivity index (χ2v) is 7.58. The topological polar surface area (TPSA) is 23.6 Å². The highest BCUT2D eigenvalue weighted by Gasteiger charge is 2.38. The van der Waals surface area contributed by atoms with E-state index in [9.17, 15) is 4.79 Å². The van der Waals surface area contributed by atoms with Crippen LogP contribution in [0.3, 0.4) is 0 Å². The first-order valence-corrected chi connectivity index (χ1v) is 8.77. The highest BCUT2D eigenvalue weighted by Crippen LogP contribution is 2.33. The monoisotopic (exact) mass is 320 g/mol. The van der Waals surface area contributed by atoms with Crippen LogP contribution in [0.4, 0.5) is 5.69 Å². The van der Waals surface area contributed by atoms with Gasteiger partial charge in [0, 0.05) is 6.54 Å². The number of carbonyl (C=O) groups is 1. The summed E-state index contributed by atoms with van der Waals surface area (Å²) in [4.78, 5) is 16.8. The smallest absolute Gasteiger partial charge is 0.247 e. The van der Waals surface area contributed by atoms with Crippen molar-refractivity contribution in [1.29, 1.82) is 0 Å². The minimum atomic E-state index is -0.0445. The quantitative estimate of drug-likeness (QED) is 0.798. The lowest BCUT2D eigenvalue weighted by atomic mass is 10.1. The molecule has 3 nitrogen and oxygen atoms in total. The Balaban J connectivity index is 1.71. The molecule has 0 N–H and O–H groups in total. The number of nitrogens with zero attached hydrogens (tertiary/aromatic N) is 2. The lowest BCUT2D eigenvalue weighted by Crippen LogP contribution is -2.40. The van der Waals surface area contributed by atoms with Gasteiger partial charge in [-0.15, -0.1) is 0 Å². The number of thioether (sulfide) groups is 1. The molecule has 112 valence electrons. The van der Waals surface area contributed by atoms with Gasteiger partial charge in [0.1, 0.15) is 9.57 Å². The Kier molecular flexibility index (Phi) is 4.62. The van der Waals surface area contributed by atoms with Crippen LogP contribution in [-0.2, 0) is 4.79 Å². The third kappa shape index (κ3) is 3.30. The van der Waals surface area contributed by atoms with E-state index in [0.29, 0.717) is 4.32 Å². The van der Waals surface area contributed by atoms with Crippen molar-refractivity contribution in [2.24, 2.45) is 0 Å². The van der Waals surface area contributed by atoms with E-state index in [1.54, 1.807) is 16.7 Å². The van der Waals surface area contributed by atoms with E-state index in [1.165, 1.54) is 24.8 Å². The van der Waals surface area contributed by atoms with Crippen molar-refractivity contribution in [3.05, 3.63) is 29.8 Å². The summed E-state index contributed by atoms with van der Waals surface area (Å²) in [6.45, 7) is 5.09. The van der Waals surface area contributed by atoms with E-state index in [2.05, 4.69) is 4.90 Å². The number of likely N-dealkylation sites (tertiary alicyclic amines) is 1. The van der Waals surface area contributed by atoms with Gasteiger partial charge >= 0.3 is 0 Å². The van der Waals surface area contributed by atoms with Gasteiger partial charge in [-0.25, -0.2) is 0 Å². The third-order valence-corrected chi connectivity index (χ3v) is 5.58. The van der Waals surface area contributed by atoms with Crippen molar-refractivity contribution in [2.75, 3.05) is 24.5 Å². The molecule has 0 aliphatic carbocycles. The summed E-state index contributed by atoms with van der Waals surface area (Å²) in [5.74, 6) is 0.138. The number of carbonyl (C=O) groups excluding carboxylic acids is 1. The fourth-order valence-corrected chi connectivity index (χ4v) is 4.46. The number of anilines is 1. The molecule has 0 aromatic heterocycles. The van der Waals surface area contributed by atoms with Gasteiger partial charge in [-0.3, -0.25) is 9.69 Å². The maximum atomic E-state index is 12.7. The molecule has 3 rings (SSSR count). The Hall–Kier alpha value is -0.910. The maximum absolute atomic E-state index is 12.7. The van der Waals surface area contributed by atoms with E-state index in [1.807, 2.05) is 31.2 Å². The van der Waals surface area contributed by atoms with Gasteiger partial charge < -0.3 is 4.90 Å². The van der Waals surface area contributed by atoms with E-state index in [0.717, 1.165) is 25.3 Å². The molecule has 1 amide bonds. The van der Waals surface area contributed by atoms with Gasteiger partial charge in [-0.2, -0.15) is 0 Å². The number of hydrogen-bond donors (Lipinski definition) is 0. The standard InChI is InChI=1S/C16H20N2OS2/c1-12-5-7-13(8-6-12)18-15(19)14(21-16(18)20)11-17-9-3-2-4-10-17/h5-8,14H,2-4,9-11H2,1H3. The summed E-state index contributed by atoms with van der Waals surface area (Å²) in [6.07, 6.45) is 3.81. The van der Waals surface area contributed by atoms with Crippen molar-refractivity contribution in [1.82, 2.24) is 4.90 Å². The van der Waals surface area contributed by atoms with E-state index < -0.39 is 0 Å².